The fourth-order valence-electron chi connectivity index (χ4n) is 1.79. The highest BCUT2D eigenvalue weighted by atomic mass is 32.1. The smallest absolute Gasteiger partial charge is 0.273 e. The van der Waals surface area contributed by atoms with Crippen LogP contribution in [0.4, 0.5) is 11.4 Å². The third-order valence-electron chi connectivity index (χ3n) is 2.78. The quantitative estimate of drug-likeness (QED) is 0.526. The maximum absolute atomic E-state index is 10.9. The number of thiocarbonyl (C=S) groups is 1. The average Bonchev–Trinajstić information content (AvgIpc) is 2.39. The summed E-state index contributed by atoms with van der Waals surface area (Å²) in [5.74, 6) is 0. The van der Waals surface area contributed by atoms with Gasteiger partial charge < -0.3 is 5.32 Å². The fraction of sp³-hybridized carbons (Fsp3) is 0.0714. The molecule has 0 bridgehead atoms. The maximum atomic E-state index is 10.9. The molecule has 0 radical (unpaired) electrons. The number of nitrogens with zero attached hydrogens (tertiary/aromatic N) is 1. The Balaban J connectivity index is 2.30. The number of benzene rings is 2. The number of nitro groups is 1. The van der Waals surface area contributed by atoms with Gasteiger partial charge in [0.2, 0.25) is 0 Å². The molecule has 1 N–H and O–H groups in total. The number of nitro benzene ring substituents is 1. The molecule has 2 aromatic rings. The standard InChI is InChI=1S/C14H12N2O2S/c1-10-12(8-5-9-13(10)16(17)18)14(19)15-11-6-3-2-4-7-11/h2-9H,1H3,(H,15,19). The number of rotatable bonds is 3. The first kappa shape index (κ1) is 13.2. The van der Waals surface area contributed by atoms with Crippen molar-refractivity contribution >= 4 is 28.6 Å². The van der Waals surface area contributed by atoms with Crippen molar-refractivity contribution in [2.45, 2.75) is 6.92 Å². The van der Waals surface area contributed by atoms with Crippen LogP contribution in [0, 0.1) is 17.0 Å². The summed E-state index contributed by atoms with van der Waals surface area (Å²) in [6, 6.07) is 14.4. The Kier molecular flexibility index (Phi) is 3.87. The Labute approximate surface area is 116 Å². The summed E-state index contributed by atoms with van der Waals surface area (Å²) >= 11 is 5.30. The van der Waals surface area contributed by atoms with Gasteiger partial charge in [-0.25, -0.2) is 0 Å². The average molecular weight is 272 g/mol. The van der Waals surface area contributed by atoms with Crippen LogP contribution < -0.4 is 5.32 Å². The van der Waals surface area contributed by atoms with Gasteiger partial charge in [0.15, 0.2) is 0 Å². The summed E-state index contributed by atoms with van der Waals surface area (Å²) in [4.78, 5) is 11.0. The molecule has 2 rings (SSSR count). The molecule has 19 heavy (non-hydrogen) atoms. The Morgan fingerprint density at radius 2 is 1.84 bits per heavy atom. The Hall–Kier alpha value is -2.27. The maximum Gasteiger partial charge on any atom is 0.273 e. The molecule has 0 aliphatic heterocycles. The molecular formula is C14H12N2O2S. The van der Waals surface area contributed by atoms with E-state index in [9.17, 15) is 10.1 Å². The monoisotopic (exact) mass is 272 g/mol. The van der Waals surface area contributed by atoms with E-state index in [1.165, 1.54) is 6.07 Å². The van der Waals surface area contributed by atoms with Crippen LogP contribution in [0.5, 0.6) is 0 Å². The molecular weight excluding hydrogens is 260 g/mol. The summed E-state index contributed by atoms with van der Waals surface area (Å²) in [5, 5.41) is 14.0. The van der Waals surface area contributed by atoms with Crippen molar-refractivity contribution < 1.29 is 4.92 Å². The molecule has 0 saturated carbocycles. The Morgan fingerprint density at radius 1 is 1.16 bits per heavy atom. The van der Waals surface area contributed by atoms with Gasteiger partial charge in [0, 0.05) is 22.9 Å². The zero-order valence-corrected chi connectivity index (χ0v) is 11.1. The van der Waals surface area contributed by atoms with Gasteiger partial charge in [-0.15, -0.1) is 0 Å². The molecule has 0 heterocycles. The van der Waals surface area contributed by atoms with Gasteiger partial charge in [-0.05, 0) is 19.1 Å². The lowest BCUT2D eigenvalue weighted by Gasteiger charge is -2.10. The Bertz CT molecular complexity index is 627. The zero-order valence-electron chi connectivity index (χ0n) is 10.3. The molecule has 0 unspecified atom stereocenters. The SMILES string of the molecule is Cc1c(C(=S)Nc2ccccc2)cccc1[N+](=O)[O-]. The molecule has 0 aliphatic rings. The number of para-hydroxylation sites is 1. The molecule has 2 aromatic carbocycles. The molecule has 0 fully saturated rings. The van der Waals surface area contributed by atoms with E-state index in [4.69, 9.17) is 12.2 Å². The fourth-order valence-corrected chi connectivity index (χ4v) is 2.13. The minimum absolute atomic E-state index is 0.0784. The number of hydrogen-bond donors (Lipinski definition) is 1. The lowest BCUT2D eigenvalue weighted by Crippen LogP contribution is -2.12. The van der Waals surface area contributed by atoms with Crippen LogP contribution in [-0.2, 0) is 0 Å². The molecule has 0 saturated heterocycles. The first-order chi connectivity index (χ1) is 9.09. The summed E-state index contributed by atoms with van der Waals surface area (Å²) in [7, 11) is 0. The molecule has 4 nitrogen and oxygen atoms in total. The van der Waals surface area contributed by atoms with Crippen LogP contribution in [0.15, 0.2) is 48.5 Å². The van der Waals surface area contributed by atoms with Crippen molar-refractivity contribution in [1.82, 2.24) is 0 Å². The Morgan fingerprint density at radius 3 is 2.47 bits per heavy atom. The van der Waals surface area contributed by atoms with Crippen molar-refractivity contribution in [3.8, 4) is 0 Å². The van der Waals surface area contributed by atoms with Crippen molar-refractivity contribution in [3.63, 3.8) is 0 Å². The summed E-state index contributed by atoms with van der Waals surface area (Å²) in [6.07, 6.45) is 0. The van der Waals surface area contributed by atoms with Crippen LogP contribution in [0.1, 0.15) is 11.1 Å². The highest BCUT2D eigenvalue weighted by molar-refractivity contribution is 7.81. The number of hydrogen-bond acceptors (Lipinski definition) is 3. The van der Waals surface area contributed by atoms with Gasteiger partial charge >= 0.3 is 0 Å². The molecule has 0 amide bonds. The molecule has 0 aromatic heterocycles. The van der Waals surface area contributed by atoms with E-state index in [-0.39, 0.29) is 5.69 Å². The van der Waals surface area contributed by atoms with Crippen LogP contribution >= 0.6 is 12.2 Å². The first-order valence-electron chi connectivity index (χ1n) is 5.70. The van der Waals surface area contributed by atoms with Gasteiger partial charge in [0.25, 0.3) is 5.69 Å². The highest BCUT2D eigenvalue weighted by Gasteiger charge is 2.15. The number of nitrogens with one attached hydrogen (secondary N) is 1. The van der Waals surface area contributed by atoms with E-state index in [0.717, 1.165) is 5.69 Å². The van der Waals surface area contributed by atoms with E-state index >= 15 is 0 Å². The minimum Gasteiger partial charge on any atom is -0.346 e. The predicted molar refractivity (Wildman–Crippen MR) is 79.6 cm³/mol. The first-order valence-corrected chi connectivity index (χ1v) is 6.11. The zero-order chi connectivity index (χ0) is 13.8. The second kappa shape index (κ2) is 5.58. The van der Waals surface area contributed by atoms with Crippen LogP contribution in [0.2, 0.25) is 0 Å². The van der Waals surface area contributed by atoms with E-state index < -0.39 is 4.92 Å². The summed E-state index contributed by atoms with van der Waals surface area (Å²) in [6.45, 7) is 1.70. The van der Waals surface area contributed by atoms with Gasteiger partial charge in [-0.2, -0.15) is 0 Å². The van der Waals surface area contributed by atoms with E-state index in [0.29, 0.717) is 16.1 Å². The molecule has 5 heteroatoms. The normalized spacial score (nSPS) is 9.95. The number of anilines is 1. The minimum atomic E-state index is -0.399. The van der Waals surface area contributed by atoms with Crippen LogP contribution in [0.25, 0.3) is 0 Å². The van der Waals surface area contributed by atoms with Crippen LogP contribution in [0.3, 0.4) is 0 Å². The van der Waals surface area contributed by atoms with Gasteiger partial charge in [0.05, 0.1) is 4.92 Å². The van der Waals surface area contributed by atoms with E-state index in [1.54, 1.807) is 19.1 Å². The van der Waals surface area contributed by atoms with Crippen LogP contribution in [-0.4, -0.2) is 9.91 Å². The largest absolute Gasteiger partial charge is 0.346 e. The molecule has 0 atom stereocenters. The summed E-state index contributed by atoms with van der Waals surface area (Å²) < 4.78 is 0. The topological polar surface area (TPSA) is 55.2 Å². The van der Waals surface area contributed by atoms with Crippen molar-refractivity contribution in [3.05, 3.63) is 69.8 Å². The highest BCUT2D eigenvalue weighted by Crippen LogP contribution is 2.22. The summed E-state index contributed by atoms with van der Waals surface area (Å²) in [5.41, 5.74) is 2.18. The molecule has 0 spiro atoms. The van der Waals surface area contributed by atoms with Gasteiger partial charge in [-0.3, -0.25) is 10.1 Å². The second-order valence-electron chi connectivity index (χ2n) is 4.03. The van der Waals surface area contributed by atoms with Crippen molar-refractivity contribution in [2.75, 3.05) is 5.32 Å². The van der Waals surface area contributed by atoms with E-state index in [1.807, 2.05) is 30.3 Å². The predicted octanol–water partition coefficient (Wildman–Crippen LogP) is 3.69. The lowest BCUT2D eigenvalue weighted by molar-refractivity contribution is -0.385. The third kappa shape index (κ3) is 2.95. The lowest BCUT2D eigenvalue weighted by atomic mass is 10.1. The molecule has 0 aliphatic carbocycles. The van der Waals surface area contributed by atoms with Gasteiger partial charge in [-0.1, -0.05) is 42.5 Å². The second-order valence-corrected chi connectivity index (χ2v) is 4.44. The van der Waals surface area contributed by atoms with Crippen molar-refractivity contribution in [2.24, 2.45) is 0 Å². The van der Waals surface area contributed by atoms with Crippen molar-refractivity contribution in [1.29, 1.82) is 0 Å². The van der Waals surface area contributed by atoms with E-state index in [2.05, 4.69) is 5.32 Å². The third-order valence-corrected chi connectivity index (χ3v) is 3.10. The van der Waals surface area contributed by atoms with Gasteiger partial charge in [0.1, 0.15) is 4.99 Å². The molecule has 96 valence electrons.